The fourth-order valence-electron chi connectivity index (χ4n) is 7.33. The minimum absolute atomic E-state index is 0.0405. The minimum Gasteiger partial charge on any atom is -0.497 e. The van der Waals surface area contributed by atoms with E-state index < -0.39 is 38.3 Å². The van der Waals surface area contributed by atoms with Crippen LogP contribution in [0.2, 0.25) is 0 Å². The molecule has 2 heterocycles. The van der Waals surface area contributed by atoms with Crippen molar-refractivity contribution in [3.05, 3.63) is 154 Å². The van der Waals surface area contributed by atoms with E-state index in [2.05, 4.69) is 48.7 Å². The molecule has 0 bridgehead atoms. The molecular formula is C46H52N5O8P. The molecule has 6 rings (SSSR count). The Kier molecular flexibility index (Phi) is 15.2. The first-order valence-corrected chi connectivity index (χ1v) is 21.1. The van der Waals surface area contributed by atoms with Crippen molar-refractivity contribution in [2.75, 3.05) is 32.8 Å². The van der Waals surface area contributed by atoms with E-state index in [0.717, 1.165) is 16.7 Å². The van der Waals surface area contributed by atoms with Crippen LogP contribution in [0.4, 0.5) is 5.82 Å². The maximum absolute atomic E-state index is 13.8. The van der Waals surface area contributed by atoms with Crippen LogP contribution in [0.1, 0.15) is 73.8 Å². The number of methoxy groups -OCH3 is 2. The first-order chi connectivity index (χ1) is 29.1. The van der Waals surface area contributed by atoms with Crippen LogP contribution in [0.15, 0.2) is 126 Å². The van der Waals surface area contributed by atoms with Crippen molar-refractivity contribution in [2.45, 2.75) is 76.7 Å². The summed E-state index contributed by atoms with van der Waals surface area (Å²) in [5.74, 6) is 1.10. The molecule has 1 aliphatic heterocycles. The molecule has 0 aliphatic carbocycles. The van der Waals surface area contributed by atoms with E-state index in [9.17, 15) is 14.9 Å². The Labute approximate surface area is 352 Å². The highest BCUT2D eigenvalue weighted by Gasteiger charge is 2.47. The zero-order valence-corrected chi connectivity index (χ0v) is 35.7. The topological polar surface area (TPSA) is 146 Å². The summed E-state index contributed by atoms with van der Waals surface area (Å²) in [5.41, 5.74) is 1.13. The monoisotopic (exact) mass is 833 g/mol. The SMILES string of the molecule is COc1ccc(C(O[C@@H]2C[C@H](n3ccc(NC(=O)c4ccccc4)nc3=O)O[C@@H]2COP(OCCC#N)N(C(C)C)C(C)C)(c2ccccc2)c2ccc(OC)cc2)cc1. The normalized spacial score (nSPS) is 17.1. The van der Waals surface area contributed by atoms with Gasteiger partial charge in [-0.2, -0.15) is 10.2 Å². The number of benzene rings is 4. The summed E-state index contributed by atoms with van der Waals surface area (Å²) in [4.78, 5) is 30.9. The summed E-state index contributed by atoms with van der Waals surface area (Å²) in [6.07, 6.45) is -0.204. The molecule has 1 fully saturated rings. The predicted molar refractivity (Wildman–Crippen MR) is 230 cm³/mol. The van der Waals surface area contributed by atoms with Crippen LogP contribution in [0, 0.1) is 11.3 Å². The molecule has 13 nitrogen and oxygen atoms in total. The number of carbonyl (C=O) groups excluding carboxylic acids is 1. The van der Waals surface area contributed by atoms with Crippen LogP contribution in [0.3, 0.4) is 0 Å². The molecule has 0 radical (unpaired) electrons. The van der Waals surface area contributed by atoms with Gasteiger partial charge in [0.15, 0.2) is 0 Å². The first kappa shape index (κ1) is 44.1. The average Bonchev–Trinajstić information content (AvgIpc) is 3.66. The standard InChI is InChI=1S/C46H52N5O8P/c1-32(2)51(33(3)4)60(56-29-13-27-47)57-31-41-40(30-43(58-41)50-28-26-42(49-45(50)53)48-44(52)34-14-9-7-10-15-34)59-46(35-16-11-8-12-17-35,36-18-22-38(54-5)23-19-36)37-20-24-39(55-6)25-21-37/h7-12,14-26,28,32-33,40-41,43H,13,29-31H2,1-6H3,(H,48,49,52,53)/t40-,41-,43-,60?/m1/s1. The second-order valence-corrected chi connectivity index (χ2v) is 16.1. The van der Waals surface area contributed by atoms with Gasteiger partial charge in [-0.05, 0) is 86.8 Å². The molecule has 314 valence electrons. The third-order valence-corrected chi connectivity index (χ3v) is 12.2. The van der Waals surface area contributed by atoms with E-state index in [1.165, 1.54) is 4.57 Å². The highest BCUT2D eigenvalue weighted by molar-refractivity contribution is 7.44. The number of nitriles is 1. The summed E-state index contributed by atoms with van der Waals surface area (Å²) in [6.45, 7) is 8.53. The molecular weight excluding hydrogens is 782 g/mol. The molecule has 0 saturated carbocycles. The van der Waals surface area contributed by atoms with Gasteiger partial charge < -0.3 is 33.3 Å². The molecule has 14 heteroatoms. The highest BCUT2D eigenvalue weighted by Crippen LogP contribution is 2.49. The molecule has 1 aromatic heterocycles. The number of carbonyl (C=O) groups is 1. The Hall–Kier alpha value is -5.45. The van der Waals surface area contributed by atoms with E-state index in [1.807, 2.05) is 84.9 Å². The quantitative estimate of drug-likeness (QED) is 0.0486. The van der Waals surface area contributed by atoms with Gasteiger partial charge in [0.1, 0.15) is 35.2 Å². The lowest BCUT2D eigenvalue weighted by atomic mass is 9.79. The number of ether oxygens (including phenoxy) is 4. The zero-order valence-electron chi connectivity index (χ0n) is 34.8. The smallest absolute Gasteiger partial charge is 0.351 e. The Balaban J connectivity index is 1.42. The Morgan fingerprint density at radius 2 is 1.43 bits per heavy atom. The van der Waals surface area contributed by atoms with Crippen molar-refractivity contribution in [1.82, 2.24) is 14.2 Å². The number of anilines is 1. The van der Waals surface area contributed by atoms with Gasteiger partial charge in [-0.15, -0.1) is 0 Å². The minimum atomic E-state index is -1.63. The van der Waals surface area contributed by atoms with Crippen molar-refractivity contribution in [1.29, 1.82) is 5.26 Å². The Morgan fingerprint density at radius 3 is 1.97 bits per heavy atom. The van der Waals surface area contributed by atoms with Crippen molar-refractivity contribution in [3.63, 3.8) is 0 Å². The van der Waals surface area contributed by atoms with E-state index in [1.54, 1.807) is 50.7 Å². The maximum Gasteiger partial charge on any atom is 0.351 e. The van der Waals surface area contributed by atoms with Crippen molar-refractivity contribution >= 4 is 20.3 Å². The summed E-state index contributed by atoms with van der Waals surface area (Å²) < 4.78 is 41.9. The molecule has 60 heavy (non-hydrogen) atoms. The lowest BCUT2D eigenvalue weighted by Gasteiger charge is -2.40. The third kappa shape index (κ3) is 10.3. The summed E-state index contributed by atoms with van der Waals surface area (Å²) in [6, 6.07) is 38.0. The molecule has 4 aromatic carbocycles. The molecule has 1 unspecified atom stereocenters. The number of rotatable bonds is 19. The van der Waals surface area contributed by atoms with Gasteiger partial charge >= 0.3 is 5.69 Å². The lowest BCUT2D eigenvalue weighted by Crippen LogP contribution is -2.41. The fraction of sp³-hybridized carbons (Fsp3) is 0.348. The van der Waals surface area contributed by atoms with E-state index >= 15 is 0 Å². The maximum atomic E-state index is 13.8. The van der Waals surface area contributed by atoms with Gasteiger partial charge in [-0.1, -0.05) is 72.8 Å². The Bertz CT molecular complexity index is 2180. The van der Waals surface area contributed by atoms with Crippen molar-refractivity contribution in [3.8, 4) is 17.6 Å². The van der Waals surface area contributed by atoms with Gasteiger partial charge in [0, 0.05) is 30.3 Å². The summed E-state index contributed by atoms with van der Waals surface area (Å²) >= 11 is 0. The molecule has 4 atom stereocenters. The zero-order chi connectivity index (χ0) is 42.6. The van der Waals surface area contributed by atoms with Gasteiger partial charge in [0.2, 0.25) is 0 Å². The molecule has 0 spiro atoms. The number of nitrogens with one attached hydrogen (secondary N) is 1. The van der Waals surface area contributed by atoms with E-state index in [-0.39, 0.29) is 49.9 Å². The molecule has 1 saturated heterocycles. The van der Waals surface area contributed by atoms with E-state index in [0.29, 0.717) is 17.1 Å². The lowest BCUT2D eigenvalue weighted by molar-refractivity contribution is -0.0974. The third-order valence-electron chi connectivity index (χ3n) is 10.1. The van der Waals surface area contributed by atoms with Gasteiger partial charge in [0.05, 0.1) is 46.0 Å². The summed E-state index contributed by atoms with van der Waals surface area (Å²) in [7, 11) is 1.61. The van der Waals surface area contributed by atoms with Crippen LogP contribution in [-0.4, -0.2) is 71.9 Å². The highest BCUT2D eigenvalue weighted by atomic mass is 31.2. The molecule has 1 aliphatic rings. The van der Waals surface area contributed by atoms with Gasteiger partial charge in [-0.25, -0.2) is 9.46 Å². The van der Waals surface area contributed by atoms with Crippen LogP contribution < -0.4 is 20.5 Å². The van der Waals surface area contributed by atoms with Crippen LogP contribution in [0.5, 0.6) is 11.5 Å². The number of amides is 1. The van der Waals surface area contributed by atoms with Crippen LogP contribution in [0.25, 0.3) is 0 Å². The van der Waals surface area contributed by atoms with Crippen LogP contribution >= 0.6 is 8.53 Å². The van der Waals surface area contributed by atoms with E-state index in [4.69, 9.17) is 28.0 Å². The van der Waals surface area contributed by atoms with Gasteiger partial charge in [-0.3, -0.25) is 9.36 Å². The fourth-order valence-corrected chi connectivity index (χ4v) is 8.95. The van der Waals surface area contributed by atoms with Gasteiger partial charge in [0.25, 0.3) is 14.4 Å². The number of hydrogen-bond donors (Lipinski definition) is 1. The molecule has 1 amide bonds. The van der Waals surface area contributed by atoms with Crippen molar-refractivity contribution in [2.24, 2.45) is 0 Å². The number of aromatic nitrogens is 2. The average molecular weight is 834 g/mol. The molecule has 5 aromatic rings. The summed E-state index contributed by atoms with van der Waals surface area (Å²) in [5, 5.41) is 12.0. The molecule has 1 N–H and O–H groups in total. The second kappa shape index (κ2) is 20.7. The number of nitrogens with zero attached hydrogens (tertiary/aromatic N) is 4. The largest absolute Gasteiger partial charge is 0.497 e. The first-order valence-electron chi connectivity index (χ1n) is 19.9. The van der Waals surface area contributed by atoms with Crippen LogP contribution in [-0.2, 0) is 24.1 Å². The number of hydrogen-bond acceptors (Lipinski definition) is 11. The predicted octanol–water partition coefficient (Wildman–Crippen LogP) is 8.47. The van der Waals surface area contributed by atoms with Crippen molar-refractivity contribution < 1.29 is 32.8 Å². The second-order valence-electron chi connectivity index (χ2n) is 14.7. The Morgan fingerprint density at radius 1 is 0.867 bits per heavy atom.